The summed E-state index contributed by atoms with van der Waals surface area (Å²) in [6.07, 6.45) is 6.09. The molecule has 116 valence electrons. The molecule has 0 bridgehead atoms. The van der Waals surface area contributed by atoms with E-state index in [4.69, 9.17) is 4.74 Å². The fraction of sp³-hybridized carbons (Fsp3) is 0.938. The van der Waals surface area contributed by atoms with Gasteiger partial charge in [0.05, 0.1) is 12.1 Å². The summed E-state index contributed by atoms with van der Waals surface area (Å²) in [4.78, 5) is 12.2. The Labute approximate surface area is 123 Å². The van der Waals surface area contributed by atoms with Crippen molar-refractivity contribution >= 4 is 5.91 Å². The van der Waals surface area contributed by atoms with Crippen LogP contribution in [0, 0.1) is 5.41 Å². The highest BCUT2D eigenvalue weighted by atomic mass is 16.5. The Balaban J connectivity index is 1.77. The lowest BCUT2D eigenvalue weighted by Gasteiger charge is -2.52. The summed E-state index contributed by atoms with van der Waals surface area (Å²) in [5.41, 5.74) is 0.109. The summed E-state index contributed by atoms with van der Waals surface area (Å²) in [5, 5.41) is 6.64. The van der Waals surface area contributed by atoms with Crippen LogP contribution in [0.5, 0.6) is 0 Å². The standard InChI is InChI=1S/C16H30N2O2/c1-5-20-14-10-13(16(14,3)4)17-11(2)15(19)18-12-8-6-7-9-12/h11-14,17H,5-10H2,1-4H3,(H,18,19). The van der Waals surface area contributed by atoms with Gasteiger partial charge in [0.2, 0.25) is 5.91 Å². The van der Waals surface area contributed by atoms with Crippen LogP contribution in [0.25, 0.3) is 0 Å². The van der Waals surface area contributed by atoms with Gasteiger partial charge < -0.3 is 15.4 Å². The second kappa shape index (κ2) is 6.44. The van der Waals surface area contributed by atoms with Gasteiger partial charge in [0.1, 0.15) is 0 Å². The van der Waals surface area contributed by atoms with Crippen molar-refractivity contribution in [2.45, 2.75) is 84.0 Å². The van der Waals surface area contributed by atoms with E-state index >= 15 is 0 Å². The third-order valence-electron chi connectivity index (χ3n) is 5.09. The molecule has 3 atom stereocenters. The lowest BCUT2D eigenvalue weighted by Crippen LogP contribution is -2.64. The average Bonchev–Trinajstić information content (AvgIpc) is 2.90. The van der Waals surface area contributed by atoms with E-state index in [1.807, 2.05) is 13.8 Å². The van der Waals surface area contributed by atoms with E-state index in [1.54, 1.807) is 0 Å². The molecular formula is C16H30N2O2. The van der Waals surface area contributed by atoms with Gasteiger partial charge in [-0.2, -0.15) is 0 Å². The number of carbonyl (C=O) groups is 1. The van der Waals surface area contributed by atoms with Gasteiger partial charge in [-0.15, -0.1) is 0 Å². The molecule has 0 heterocycles. The molecule has 2 aliphatic rings. The summed E-state index contributed by atoms with van der Waals surface area (Å²) in [7, 11) is 0. The molecule has 3 unspecified atom stereocenters. The fourth-order valence-electron chi connectivity index (χ4n) is 3.43. The molecule has 0 radical (unpaired) electrons. The van der Waals surface area contributed by atoms with Gasteiger partial charge in [0.15, 0.2) is 0 Å². The maximum Gasteiger partial charge on any atom is 0.237 e. The second-order valence-electron chi connectivity index (χ2n) is 6.93. The topological polar surface area (TPSA) is 50.4 Å². The van der Waals surface area contributed by atoms with Crippen LogP contribution in [0.4, 0.5) is 0 Å². The highest BCUT2D eigenvalue weighted by Crippen LogP contribution is 2.42. The Kier molecular flexibility index (Phi) is 5.08. The van der Waals surface area contributed by atoms with E-state index in [1.165, 1.54) is 12.8 Å². The Morgan fingerprint density at radius 2 is 2.00 bits per heavy atom. The normalized spacial score (nSPS) is 30.8. The van der Waals surface area contributed by atoms with E-state index in [-0.39, 0.29) is 17.4 Å². The number of amides is 1. The van der Waals surface area contributed by atoms with Gasteiger partial charge in [-0.3, -0.25) is 4.79 Å². The number of rotatable bonds is 6. The molecule has 0 aromatic carbocycles. The van der Waals surface area contributed by atoms with Crippen LogP contribution in [-0.4, -0.2) is 36.7 Å². The van der Waals surface area contributed by atoms with Crippen molar-refractivity contribution in [3.8, 4) is 0 Å². The third kappa shape index (κ3) is 3.34. The van der Waals surface area contributed by atoms with Gasteiger partial charge in [-0.1, -0.05) is 26.7 Å². The number of ether oxygens (including phenoxy) is 1. The van der Waals surface area contributed by atoms with Crippen LogP contribution < -0.4 is 10.6 Å². The SMILES string of the molecule is CCOC1CC(NC(C)C(=O)NC2CCCC2)C1(C)C. The van der Waals surface area contributed by atoms with Crippen LogP contribution in [0.15, 0.2) is 0 Å². The number of hydrogen-bond acceptors (Lipinski definition) is 3. The quantitative estimate of drug-likeness (QED) is 0.785. The van der Waals surface area contributed by atoms with Gasteiger partial charge in [-0.05, 0) is 33.1 Å². The molecule has 2 rings (SSSR count). The van der Waals surface area contributed by atoms with E-state index in [0.717, 1.165) is 25.9 Å². The minimum Gasteiger partial charge on any atom is -0.378 e. The Bertz CT molecular complexity index is 337. The monoisotopic (exact) mass is 282 g/mol. The first kappa shape index (κ1) is 15.8. The van der Waals surface area contributed by atoms with E-state index in [0.29, 0.717) is 18.2 Å². The molecule has 0 aliphatic heterocycles. The van der Waals surface area contributed by atoms with E-state index in [9.17, 15) is 4.79 Å². The molecule has 4 nitrogen and oxygen atoms in total. The van der Waals surface area contributed by atoms with Crippen molar-refractivity contribution < 1.29 is 9.53 Å². The fourth-order valence-corrected chi connectivity index (χ4v) is 3.43. The number of hydrogen-bond donors (Lipinski definition) is 2. The molecule has 0 spiro atoms. The third-order valence-corrected chi connectivity index (χ3v) is 5.09. The van der Waals surface area contributed by atoms with Crippen molar-refractivity contribution in [1.29, 1.82) is 0 Å². The summed E-state index contributed by atoms with van der Waals surface area (Å²) in [6, 6.07) is 0.642. The minimum atomic E-state index is -0.123. The molecule has 2 aliphatic carbocycles. The molecule has 4 heteroatoms. The summed E-state index contributed by atoms with van der Waals surface area (Å²) >= 11 is 0. The minimum absolute atomic E-state index is 0.109. The smallest absolute Gasteiger partial charge is 0.237 e. The van der Waals surface area contributed by atoms with E-state index in [2.05, 4.69) is 24.5 Å². The van der Waals surface area contributed by atoms with Crippen molar-refractivity contribution in [2.75, 3.05) is 6.61 Å². The first-order valence-corrected chi connectivity index (χ1v) is 8.13. The predicted molar refractivity (Wildman–Crippen MR) is 80.6 cm³/mol. The zero-order chi connectivity index (χ0) is 14.8. The molecule has 2 fully saturated rings. The Morgan fingerprint density at radius 1 is 1.35 bits per heavy atom. The van der Waals surface area contributed by atoms with Crippen LogP contribution >= 0.6 is 0 Å². The zero-order valence-corrected chi connectivity index (χ0v) is 13.4. The molecule has 2 N–H and O–H groups in total. The lowest BCUT2D eigenvalue weighted by atomic mass is 9.64. The number of nitrogens with one attached hydrogen (secondary N) is 2. The molecule has 20 heavy (non-hydrogen) atoms. The molecule has 0 aromatic heterocycles. The maximum atomic E-state index is 12.2. The van der Waals surface area contributed by atoms with Gasteiger partial charge >= 0.3 is 0 Å². The van der Waals surface area contributed by atoms with Crippen molar-refractivity contribution in [2.24, 2.45) is 5.41 Å². The Hall–Kier alpha value is -0.610. The molecule has 0 aromatic rings. The number of carbonyl (C=O) groups excluding carboxylic acids is 1. The van der Waals surface area contributed by atoms with Crippen LogP contribution in [0.1, 0.15) is 59.8 Å². The summed E-state index contributed by atoms with van der Waals surface area (Å²) < 4.78 is 5.73. The van der Waals surface area contributed by atoms with Crippen molar-refractivity contribution in [1.82, 2.24) is 10.6 Å². The maximum absolute atomic E-state index is 12.2. The van der Waals surface area contributed by atoms with Crippen molar-refractivity contribution in [3.63, 3.8) is 0 Å². The first-order valence-electron chi connectivity index (χ1n) is 8.13. The first-order chi connectivity index (χ1) is 9.45. The molecule has 0 saturated heterocycles. The molecule has 2 saturated carbocycles. The molecular weight excluding hydrogens is 252 g/mol. The zero-order valence-electron chi connectivity index (χ0n) is 13.4. The van der Waals surface area contributed by atoms with Gasteiger partial charge in [-0.25, -0.2) is 0 Å². The van der Waals surface area contributed by atoms with Crippen LogP contribution in [0.3, 0.4) is 0 Å². The highest BCUT2D eigenvalue weighted by molar-refractivity contribution is 5.81. The summed E-state index contributed by atoms with van der Waals surface area (Å²) in [6.45, 7) is 9.20. The van der Waals surface area contributed by atoms with E-state index < -0.39 is 0 Å². The largest absolute Gasteiger partial charge is 0.378 e. The lowest BCUT2D eigenvalue weighted by molar-refractivity contribution is -0.130. The average molecular weight is 282 g/mol. The van der Waals surface area contributed by atoms with Crippen LogP contribution in [0.2, 0.25) is 0 Å². The second-order valence-corrected chi connectivity index (χ2v) is 6.93. The predicted octanol–water partition coefficient (Wildman–Crippen LogP) is 2.23. The summed E-state index contributed by atoms with van der Waals surface area (Å²) in [5.74, 6) is 0.146. The Morgan fingerprint density at radius 3 is 2.55 bits per heavy atom. The van der Waals surface area contributed by atoms with Crippen molar-refractivity contribution in [3.05, 3.63) is 0 Å². The highest BCUT2D eigenvalue weighted by Gasteiger charge is 2.49. The van der Waals surface area contributed by atoms with Gasteiger partial charge in [0, 0.05) is 24.1 Å². The van der Waals surface area contributed by atoms with Gasteiger partial charge in [0.25, 0.3) is 0 Å². The van der Waals surface area contributed by atoms with Crippen LogP contribution in [-0.2, 0) is 9.53 Å². The molecule has 1 amide bonds.